The molecule has 0 radical (unpaired) electrons. The quantitative estimate of drug-likeness (QED) is 0.0999. The Morgan fingerprint density at radius 1 is 1.28 bits per heavy atom. The van der Waals surface area contributed by atoms with Crippen molar-refractivity contribution in [3.05, 3.63) is 96.4 Å². The minimum Gasteiger partial charge on any atom is -0.385 e. The van der Waals surface area contributed by atoms with Crippen LogP contribution in [0.5, 0.6) is 0 Å². The van der Waals surface area contributed by atoms with Gasteiger partial charge in [0.05, 0.1) is 6.33 Å². The molecule has 39 heavy (non-hydrogen) atoms. The molecule has 0 aliphatic carbocycles. The predicted octanol–water partition coefficient (Wildman–Crippen LogP) is 7.69. The molecule has 0 fully saturated rings. The van der Waals surface area contributed by atoms with Crippen molar-refractivity contribution in [2.45, 2.75) is 77.7 Å². The summed E-state index contributed by atoms with van der Waals surface area (Å²) in [5.41, 5.74) is 8.12. The SMILES string of the molecule is C=C/C(F)=C\C=C/CC(N=C)=Nc1c(C(C)N)ncn1CCCCCC(=C)NCc1cccc(C(C)(C)F)c1. The van der Waals surface area contributed by atoms with E-state index in [9.17, 15) is 8.78 Å². The molecule has 1 atom stereocenters. The highest BCUT2D eigenvalue weighted by Crippen LogP contribution is 2.26. The molecule has 3 N–H and O–H groups in total. The number of amidine groups is 1. The molecule has 0 saturated heterocycles. The standard InChI is InChI=1S/C31H42F2N6/c1-7-27(32)17-10-11-18-28(35-6)38-30-29(24(3)34)37-22-39(30)19-12-8-9-14-23(2)36-21-25-15-13-16-26(20-25)31(4,5)33/h7,10-11,13,15-17,20,22,24,36H,1-2,6,8-9,12,14,18-19,21,34H2,3-5H3/b11-10-,27-17+,38-28?. The third-order valence-electron chi connectivity index (χ3n) is 6.11. The van der Waals surface area contributed by atoms with Crippen LogP contribution in [0, 0.1) is 0 Å². The molecule has 1 aromatic carbocycles. The number of benzene rings is 1. The second-order valence-electron chi connectivity index (χ2n) is 9.95. The fourth-order valence-corrected chi connectivity index (χ4v) is 3.83. The maximum absolute atomic E-state index is 14.2. The Morgan fingerprint density at radius 3 is 2.72 bits per heavy atom. The van der Waals surface area contributed by atoms with Crippen molar-refractivity contribution in [2.24, 2.45) is 15.7 Å². The first-order valence-corrected chi connectivity index (χ1v) is 13.2. The number of nitrogens with two attached hydrogens (primary N) is 1. The van der Waals surface area contributed by atoms with E-state index in [1.165, 1.54) is 6.08 Å². The number of imidazole rings is 1. The average Bonchev–Trinajstić information content (AvgIpc) is 3.30. The first kappa shape index (κ1) is 31.6. The summed E-state index contributed by atoms with van der Waals surface area (Å²) in [6, 6.07) is 7.28. The van der Waals surface area contributed by atoms with Gasteiger partial charge in [-0.2, -0.15) is 0 Å². The molecule has 1 unspecified atom stereocenters. The average molecular weight is 537 g/mol. The topological polar surface area (TPSA) is 80.6 Å². The lowest BCUT2D eigenvalue weighted by Gasteiger charge is -2.16. The third-order valence-corrected chi connectivity index (χ3v) is 6.11. The summed E-state index contributed by atoms with van der Waals surface area (Å²) in [6.45, 7) is 17.5. The molecule has 0 aliphatic rings. The molecule has 1 heterocycles. The lowest BCUT2D eigenvalue weighted by atomic mass is 9.98. The maximum Gasteiger partial charge on any atom is 0.159 e. The number of nitrogens with zero attached hydrogens (tertiary/aromatic N) is 4. The van der Waals surface area contributed by atoms with Gasteiger partial charge in [0.1, 0.15) is 23.0 Å². The normalized spacial score (nSPS) is 13.5. The number of hydrogen-bond donors (Lipinski definition) is 2. The van der Waals surface area contributed by atoms with Gasteiger partial charge in [0, 0.05) is 31.2 Å². The van der Waals surface area contributed by atoms with Crippen molar-refractivity contribution in [1.29, 1.82) is 0 Å². The van der Waals surface area contributed by atoms with Crippen LogP contribution in [-0.2, 0) is 18.8 Å². The monoisotopic (exact) mass is 536 g/mol. The van der Waals surface area contributed by atoms with Gasteiger partial charge < -0.3 is 15.6 Å². The van der Waals surface area contributed by atoms with Crippen LogP contribution in [0.3, 0.4) is 0 Å². The van der Waals surface area contributed by atoms with E-state index in [0.29, 0.717) is 35.9 Å². The smallest absolute Gasteiger partial charge is 0.159 e. The van der Waals surface area contributed by atoms with Crippen LogP contribution in [0.1, 0.15) is 75.7 Å². The van der Waals surface area contributed by atoms with Gasteiger partial charge in [-0.15, -0.1) is 0 Å². The zero-order valence-corrected chi connectivity index (χ0v) is 23.5. The number of nitrogens with one attached hydrogen (secondary N) is 1. The summed E-state index contributed by atoms with van der Waals surface area (Å²) < 4.78 is 29.4. The molecular weight excluding hydrogens is 494 g/mol. The number of halogens is 2. The van der Waals surface area contributed by atoms with E-state index in [-0.39, 0.29) is 6.04 Å². The van der Waals surface area contributed by atoms with Gasteiger partial charge in [-0.1, -0.05) is 56.0 Å². The van der Waals surface area contributed by atoms with Crippen molar-refractivity contribution in [2.75, 3.05) is 0 Å². The van der Waals surface area contributed by atoms with E-state index in [2.05, 4.69) is 40.2 Å². The van der Waals surface area contributed by atoms with Crippen LogP contribution in [0.25, 0.3) is 0 Å². The Bertz CT molecular complexity index is 1200. The fraction of sp³-hybridized carbons (Fsp3) is 0.387. The number of hydrogen-bond acceptors (Lipinski definition) is 4. The lowest BCUT2D eigenvalue weighted by Crippen LogP contribution is -2.14. The van der Waals surface area contributed by atoms with E-state index in [0.717, 1.165) is 49.6 Å². The summed E-state index contributed by atoms with van der Waals surface area (Å²) in [7, 11) is 0. The van der Waals surface area contributed by atoms with Crippen LogP contribution in [0.15, 0.2) is 89.6 Å². The molecule has 0 amide bonds. The van der Waals surface area contributed by atoms with Crippen molar-refractivity contribution >= 4 is 18.4 Å². The number of rotatable bonds is 16. The summed E-state index contributed by atoms with van der Waals surface area (Å²) in [5, 5.41) is 3.35. The zero-order valence-electron chi connectivity index (χ0n) is 23.5. The van der Waals surface area contributed by atoms with E-state index >= 15 is 0 Å². The van der Waals surface area contributed by atoms with Crippen LogP contribution < -0.4 is 11.1 Å². The third kappa shape index (κ3) is 10.9. The first-order chi connectivity index (χ1) is 18.5. The Balaban J connectivity index is 1.88. The highest BCUT2D eigenvalue weighted by Gasteiger charge is 2.18. The number of unbranched alkanes of at least 4 members (excludes halogenated alkanes) is 2. The zero-order chi connectivity index (χ0) is 28.8. The van der Waals surface area contributed by atoms with E-state index in [1.54, 1.807) is 32.3 Å². The van der Waals surface area contributed by atoms with E-state index < -0.39 is 11.5 Å². The molecule has 8 heteroatoms. The fourth-order valence-electron chi connectivity index (χ4n) is 3.83. The van der Waals surface area contributed by atoms with Gasteiger partial charge in [-0.3, -0.25) is 0 Å². The molecular formula is C31H42F2N6. The summed E-state index contributed by atoms with van der Waals surface area (Å²) in [6.07, 6.45) is 11.7. The van der Waals surface area contributed by atoms with Gasteiger partial charge in [0.25, 0.3) is 0 Å². The van der Waals surface area contributed by atoms with Crippen LogP contribution in [-0.4, -0.2) is 22.1 Å². The molecule has 210 valence electrons. The first-order valence-electron chi connectivity index (χ1n) is 13.2. The van der Waals surface area contributed by atoms with Gasteiger partial charge in [0.15, 0.2) is 5.82 Å². The van der Waals surface area contributed by atoms with Crippen molar-refractivity contribution < 1.29 is 8.78 Å². The van der Waals surface area contributed by atoms with E-state index in [4.69, 9.17) is 5.73 Å². The van der Waals surface area contributed by atoms with E-state index in [1.807, 2.05) is 35.8 Å². The molecule has 6 nitrogen and oxygen atoms in total. The molecule has 2 aromatic rings. The number of aryl methyl sites for hydroxylation is 1. The number of aliphatic imine (C=N–C) groups is 2. The Labute approximate surface area is 231 Å². The van der Waals surface area contributed by atoms with Gasteiger partial charge in [-0.25, -0.2) is 23.7 Å². The molecule has 0 bridgehead atoms. The second kappa shape index (κ2) is 15.7. The summed E-state index contributed by atoms with van der Waals surface area (Å²) >= 11 is 0. The summed E-state index contributed by atoms with van der Waals surface area (Å²) in [5.74, 6) is 0.740. The predicted molar refractivity (Wildman–Crippen MR) is 160 cm³/mol. The van der Waals surface area contributed by atoms with Crippen LogP contribution in [0.2, 0.25) is 0 Å². The lowest BCUT2D eigenvalue weighted by molar-refractivity contribution is 0.221. The highest BCUT2D eigenvalue weighted by atomic mass is 19.1. The van der Waals surface area contributed by atoms with Crippen LogP contribution >= 0.6 is 0 Å². The number of allylic oxidation sites excluding steroid dienone is 5. The Hall–Kier alpha value is -3.65. The number of alkyl halides is 1. The minimum absolute atomic E-state index is 0.290. The second-order valence-corrected chi connectivity index (χ2v) is 9.95. The summed E-state index contributed by atoms with van der Waals surface area (Å²) in [4.78, 5) is 13.2. The molecule has 0 aliphatic heterocycles. The Morgan fingerprint density at radius 2 is 2.05 bits per heavy atom. The molecule has 0 saturated carbocycles. The molecule has 1 aromatic heterocycles. The van der Waals surface area contributed by atoms with Gasteiger partial charge >= 0.3 is 0 Å². The van der Waals surface area contributed by atoms with Crippen molar-refractivity contribution in [1.82, 2.24) is 14.9 Å². The van der Waals surface area contributed by atoms with Gasteiger partial charge in [0.2, 0.25) is 0 Å². The van der Waals surface area contributed by atoms with Crippen molar-refractivity contribution in [3.8, 4) is 0 Å². The van der Waals surface area contributed by atoms with Crippen molar-refractivity contribution in [3.63, 3.8) is 0 Å². The molecule has 0 spiro atoms. The highest BCUT2D eigenvalue weighted by molar-refractivity contribution is 5.89. The molecule has 2 rings (SSSR count). The van der Waals surface area contributed by atoms with Crippen LogP contribution in [0.4, 0.5) is 14.6 Å². The van der Waals surface area contributed by atoms with Gasteiger partial charge in [-0.05, 0) is 70.0 Å². The maximum atomic E-state index is 14.2. The minimum atomic E-state index is -1.36. The largest absolute Gasteiger partial charge is 0.385 e. The Kier molecular flexibility index (Phi) is 12.7. The number of aromatic nitrogens is 2.